The maximum Gasteiger partial charge on any atom is 0.264 e. The summed E-state index contributed by atoms with van der Waals surface area (Å²) in [4.78, 5) is 19.0. The number of rotatable bonds is 6. The number of nitrogens with zero attached hydrogens (tertiary/aromatic N) is 1. The van der Waals surface area contributed by atoms with Crippen molar-refractivity contribution in [3.63, 3.8) is 0 Å². The third kappa shape index (κ3) is 4.62. The highest BCUT2D eigenvalue weighted by Crippen LogP contribution is 2.57. The van der Waals surface area contributed by atoms with Gasteiger partial charge in [-0.3, -0.25) is 4.79 Å². The van der Waals surface area contributed by atoms with Crippen molar-refractivity contribution < 1.29 is 22.3 Å². The number of hydrogen-bond acceptors (Lipinski definition) is 6. The number of aromatic nitrogens is 2. The zero-order valence-corrected chi connectivity index (χ0v) is 22.1. The average molecular weight is 589 g/mol. The molecule has 5 rings (SSSR count). The third-order valence-corrected chi connectivity index (χ3v) is 9.95. The van der Waals surface area contributed by atoms with Crippen molar-refractivity contribution in [2.24, 2.45) is 0 Å². The first kappa shape index (κ1) is 24.8. The lowest BCUT2D eigenvalue weighted by molar-refractivity contribution is -0.118. The SMILES string of the molecule is CC(c1ccc(C2CC(=O)NS2([O-])[O-])c(Br)c1)c1ccccc1S(=O)(=O)Nc1nc2ccccc2[nH]1. The topological polar surface area (TPSA) is 150 Å². The molecule has 2 unspecified atom stereocenters. The number of benzene rings is 3. The van der Waals surface area contributed by atoms with Crippen LogP contribution >= 0.6 is 26.7 Å². The number of carbonyl (C=O) groups excluding carboxylic acids is 1. The van der Waals surface area contributed by atoms with Crippen molar-refractivity contribution in [1.29, 1.82) is 0 Å². The zero-order chi connectivity index (χ0) is 25.7. The highest BCUT2D eigenvalue weighted by Gasteiger charge is 2.29. The van der Waals surface area contributed by atoms with Gasteiger partial charge in [0.15, 0.2) is 0 Å². The van der Waals surface area contributed by atoms with Gasteiger partial charge in [0.2, 0.25) is 11.9 Å². The van der Waals surface area contributed by atoms with Crippen molar-refractivity contribution in [1.82, 2.24) is 14.7 Å². The summed E-state index contributed by atoms with van der Waals surface area (Å²) >= 11 is 3.44. The fraction of sp³-hybridized carbons (Fsp3) is 0.167. The van der Waals surface area contributed by atoms with Gasteiger partial charge in [0.05, 0.1) is 15.9 Å². The van der Waals surface area contributed by atoms with Crippen LogP contribution in [-0.2, 0) is 14.8 Å². The number of carbonyl (C=O) groups is 1. The van der Waals surface area contributed by atoms with Gasteiger partial charge in [0, 0.05) is 22.1 Å². The summed E-state index contributed by atoms with van der Waals surface area (Å²) < 4.78 is 56.4. The summed E-state index contributed by atoms with van der Waals surface area (Å²) in [6, 6.07) is 19.1. The Morgan fingerprint density at radius 2 is 1.83 bits per heavy atom. The van der Waals surface area contributed by atoms with Crippen LogP contribution < -0.4 is 9.44 Å². The van der Waals surface area contributed by atoms with Crippen molar-refractivity contribution >= 4 is 59.6 Å². The van der Waals surface area contributed by atoms with E-state index in [4.69, 9.17) is 0 Å². The van der Waals surface area contributed by atoms with Crippen LogP contribution in [0.3, 0.4) is 0 Å². The average Bonchev–Trinajstić information content (AvgIpc) is 3.35. The third-order valence-electron chi connectivity index (χ3n) is 6.17. The number of para-hydroxylation sites is 2. The molecule has 1 fully saturated rings. The molecule has 1 amide bonds. The van der Waals surface area contributed by atoms with E-state index in [1.165, 1.54) is 6.07 Å². The molecule has 2 atom stereocenters. The van der Waals surface area contributed by atoms with Gasteiger partial charge in [-0.05, 0) is 41.0 Å². The number of halogens is 1. The minimum Gasteiger partial charge on any atom is -0.783 e. The molecule has 0 bridgehead atoms. The van der Waals surface area contributed by atoms with Crippen LogP contribution in [0.15, 0.2) is 76.1 Å². The number of fused-ring (bicyclic) bond motifs is 1. The minimum atomic E-state index is -3.98. The Kier molecular flexibility index (Phi) is 6.33. The highest BCUT2D eigenvalue weighted by molar-refractivity contribution is 9.10. The van der Waals surface area contributed by atoms with Crippen LogP contribution in [0.4, 0.5) is 5.95 Å². The molecule has 0 aliphatic carbocycles. The Hall–Kier alpha value is -2.90. The van der Waals surface area contributed by atoms with Crippen LogP contribution in [0.25, 0.3) is 11.0 Å². The van der Waals surface area contributed by atoms with Gasteiger partial charge in [-0.15, -0.1) is 0 Å². The molecule has 188 valence electrons. The first-order valence-corrected chi connectivity index (χ1v) is 14.8. The number of nitrogens with one attached hydrogen (secondary N) is 3. The Morgan fingerprint density at radius 3 is 2.53 bits per heavy atom. The fourth-order valence-electron chi connectivity index (χ4n) is 4.35. The molecule has 0 radical (unpaired) electrons. The van der Waals surface area contributed by atoms with Gasteiger partial charge >= 0.3 is 0 Å². The lowest BCUT2D eigenvalue weighted by Gasteiger charge is -2.60. The molecule has 1 saturated heterocycles. The maximum atomic E-state index is 13.3. The van der Waals surface area contributed by atoms with Gasteiger partial charge in [-0.1, -0.05) is 65.3 Å². The molecule has 1 aliphatic rings. The van der Waals surface area contributed by atoms with E-state index in [-0.39, 0.29) is 23.2 Å². The molecule has 1 aliphatic heterocycles. The summed E-state index contributed by atoms with van der Waals surface area (Å²) in [5.74, 6) is -0.772. The van der Waals surface area contributed by atoms with Crippen LogP contribution in [0.1, 0.15) is 41.2 Å². The van der Waals surface area contributed by atoms with Gasteiger partial charge in [0.25, 0.3) is 10.0 Å². The van der Waals surface area contributed by atoms with E-state index in [9.17, 15) is 22.3 Å². The Bertz CT molecular complexity index is 1560. The highest BCUT2D eigenvalue weighted by atomic mass is 79.9. The number of H-pyrrole nitrogens is 1. The van der Waals surface area contributed by atoms with Gasteiger partial charge in [0.1, 0.15) is 0 Å². The number of amides is 1. The van der Waals surface area contributed by atoms with Crippen molar-refractivity contribution in [2.45, 2.75) is 29.4 Å². The van der Waals surface area contributed by atoms with Crippen LogP contribution in [0.5, 0.6) is 0 Å². The predicted octanol–water partition coefficient (Wildman–Crippen LogP) is 4.82. The molecule has 9 nitrogen and oxygen atoms in total. The second-order valence-electron chi connectivity index (χ2n) is 8.51. The fourth-order valence-corrected chi connectivity index (χ4v) is 7.90. The van der Waals surface area contributed by atoms with E-state index >= 15 is 0 Å². The molecule has 3 N–H and O–H groups in total. The van der Waals surface area contributed by atoms with Gasteiger partial charge < -0.3 is 29.6 Å². The number of aromatic amines is 1. The standard InChI is InChI=1S/C24H23BrN4O5S2/c1-14(15-10-11-17(18(25)12-15)22-13-23(30)28-36(22,33)34)16-6-2-5-9-21(16)35(31,32)29-24-26-19-7-3-4-8-20(19)27-24/h2-12,14,22,33-34H,13H2,1H3,(H,28,30)(H2,26,27,29)/p-2. The largest absolute Gasteiger partial charge is 0.783 e. The smallest absolute Gasteiger partial charge is 0.264 e. The Balaban J connectivity index is 1.46. The molecule has 0 spiro atoms. The summed E-state index contributed by atoms with van der Waals surface area (Å²) in [6.07, 6.45) is -0.148. The summed E-state index contributed by atoms with van der Waals surface area (Å²) in [5.41, 5.74) is 3.15. The molecule has 12 heteroatoms. The Morgan fingerprint density at radius 1 is 1.11 bits per heavy atom. The summed E-state index contributed by atoms with van der Waals surface area (Å²) in [5, 5.41) is -0.982. The van der Waals surface area contributed by atoms with Gasteiger partial charge in [-0.2, -0.15) is 0 Å². The molecule has 3 aromatic carbocycles. The van der Waals surface area contributed by atoms with Crippen molar-refractivity contribution in [2.75, 3.05) is 4.72 Å². The normalized spacial score (nSPS) is 19.1. The quantitative estimate of drug-likeness (QED) is 0.294. The lowest BCUT2D eigenvalue weighted by atomic mass is 9.92. The molecule has 36 heavy (non-hydrogen) atoms. The monoisotopic (exact) mass is 588 g/mol. The van der Waals surface area contributed by atoms with Crippen molar-refractivity contribution in [3.05, 3.63) is 87.9 Å². The molecule has 4 aromatic rings. The second-order valence-corrected chi connectivity index (χ2v) is 12.9. The van der Waals surface area contributed by atoms with E-state index in [2.05, 4.69) is 30.6 Å². The molecular formula is C24H21BrN4O5S2-2. The van der Waals surface area contributed by atoms with E-state index in [0.717, 1.165) is 5.56 Å². The van der Waals surface area contributed by atoms with Crippen molar-refractivity contribution in [3.8, 4) is 0 Å². The number of anilines is 1. The van der Waals surface area contributed by atoms with Crippen LogP contribution in [0.2, 0.25) is 0 Å². The van der Waals surface area contributed by atoms with Crippen LogP contribution in [-0.4, -0.2) is 33.4 Å². The zero-order valence-electron chi connectivity index (χ0n) is 18.9. The number of imidazole rings is 1. The van der Waals surface area contributed by atoms with E-state index < -0.39 is 32.0 Å². The molecule has 2 heterocycles. The summed E-state index contributed by atoms with van der Waals surface area (Å²) in [6.45, 7) is 1.87. The maximum absolute atomic E-state index is 13.3. The first-order chi connectivity index (χ1) is 17.0. The predicted molar refractivity (Wildman–Crippen MR) is 140 cm³/mol. The molecular weight excluding hydrogens is 568 g/mol. The molecule has 0 saturated carbocycles. The molecule has 1 aromatic heterocycles. The number of hydrogen-bond donors (Lipinski definition) is 3. The number of sulfonamides is 2. The Labute approximate surface area is 218 Å². The van der Waals surface area contributed by atoms with E-state index in [1.807, 2.05) is 23.8 Å². The van der Waals surface area contributed by atoms with Crippen LogP contribution in [0, 0.1) is 0 Å². The van der Waals surface area contributed by atoms with E-state index in [0.29, 0.717) is 26.6 Å². The minimum absolute atomic E-state index is 0.103. The summed E-state index contributed by atoms with van der Waals surface area (Å²) in [7, 11) is -7.77. The van der Waals surface area contributed by atoms with Gasteiger partial charge in [-0.25, -0.2) is 18.1 Å². The lowest BCUT2D eigenvalue weighted by Crippen LogP contribution is -2.19. The first-order valence-electron chi connectivity index (χ1n) is 11.0. The second kappa shape index (κ2) is 9.20. The van der Waals surface area contributed by atoms with E-state index in [1.54, 1.807) is 48.5 Å².